The number of nitrogens with zero attached hydrogens (tertiary/aromatic N) is 2. The lowest BCUT2D eigenvalue weighted by Gasteiger charge is -2.36. The number of hydrogen-bond acceptors (Lipinski definition) is 2. The van der Waals surface area contributed by atoms with Crippen LogP contribution in [-0.4, -0.2) is 35.3 Å². The molecule has 1 fully saturated rings. The van der Waals surface area contributed by atoms with Gasteiger partial charge < -0.3 is 4.90 Å². The Morgan fingerprint density at radius 3 is 2.56 bits per heavy atom. The number of fused-ring (bicyclic) bond motifs is 1. The first-order chi connectivity index (χ1) is 13.1. The number of amides is 1. The summed E-state index contributed by atoms with van der Waals surface area (Å²) < 4.78 is 14.0. The quantitative estimate of drug-likeness (QED) is 0.786. The summed E-state index contributed by atoms with van der Waals surface area (Å²) in [7, 11) is 0. The number of halogens is 2. The zero-order valence-corrected chi connectivity index (χ0v) is 16.1. The summed E-state index contributed by atoms with van der Waals surface area (Å²) in [5.41, 5.74) is 3.30. The van der Waals surface area contributed by atoms with Crippen LogP contribution in [0.5, 0.6) is 0 Å². The maximum Gasteiger partial charge on any atom is 0.226 e. The summed E-state index contributed by atoms with van der Waals surface area (Å²) >= 11 is 5.82. The minimum atomic E-state index is -0.257. The number of piperidine rings is 1. The van der Waals surface area contributed by atoms with Crippen molar-refractivity contribution in [1.29, 1.82) is 0 Å². The Kier molecular flexibility index (Phi) is 5.46. The molecule has 0 atom stereocenters. The molecule has 1 saturated heterocycles. The minimum absolute atomic E-state index is 0.0848. The summed E-state index contributed by atoms with van der Waals surface area (Å²) in [6.07, 6.45) is 2.62. The Labute approximate surface area is 164 Å². The zero-order valence-electron chi connectivity index (χ0n) is 15.3. The van der Waals surface area contributed by atoms with E-state index in [0.717, 1.165) is 45.4 Å². The fourth-order valence-electron chi connectivity index (χ4n) is 4.17. The molecule has 0 bridgehead atoms. The summed E-state index contributed by atoms with van der Waals surface area (Å²) in [6, 6.07) is 13.2. The molecule has 4 rings (SSSR count). The van der Waals surface area contributed by atoms with Crippen molar-refractivity contribution in [2.45, 2.75) is 32.4 Å². The van der Waals surface area contributed by atoms with E-state index < -0.39 is 0 Å². The van der Waals surface area contributed by atoms with Gasteiger partial charge in [0.25, 0.3) is 0 Å². The van der Waals surface area contributed by atoms with Gasteiger partial charge in [0.05, 0.1) is 0 Å². The molecule has 0 spiro atoms. The van der Waals surface area contributed by atoms with Gasteiger partial charge in [-0.05, 0) is 55.6 Å². The lowest BCUT2D eigenvalue weighted by molar-refractivity contribution is -0.138. The van der Waals surface area contributed by atoms with E-state index in [4.69, 9.17) is 11.6 Å². The van der Waals surface area contributed by atoms with Gasteiger partial charge >= 0.3 is 0 Å². The molecule has 142 valence electrons. The van der Waals surface area contributed by atoms with Gasteiger partial charge in [0, 0.05) is 36.1 Å². The van der Waals surface area contributed by atoms with Crippen LogP contribution >= 0.6 is 11.6 Å². The average molecular weight is 387 g/mol. The molecule has 0 unspecified atom stereocenters. The van der Waals surface area contributed by atoms with Crippen LogP contribution in [0.25, 0.3) is 0 Å². The second-order valence-corrected chi connectivity index (χ2v) is 8.00. The van der Waals surface area contributed by atoms with Crippen LogP contribution in [0.3, 0.4) is 0 Å². The molecule has 3 nitrogen and oxygen atoms in total. The van der Waals surface area contributed by atoms with Crippen molar-refractivity contribution in [1.82, 2.24) is 9.80 Å². The molecule has 2 aromatic carbocycles. The molecule has 2 aliphatic heterocycles. The van der Waals surface area contributed by atoms with E-state index >= 15 is 0 Å². The first kappa shape index (κ1) is 18.5. The largest absolute Gasteiger partial charge is 0.338 e. The second kappa shape index (κ2) is 7.99. The van der Waals surface area contributed by atoms with E-state index in [9.17, 15) is 9.18 Å². The molecule has 0 N–H and O–H groups in total. The van der Waals surface area contributed by atoms with E-state index in [1.165, 1.54) is 17.2 Å². The molecular weight excluding hydrogens is 363 g/mol. The molecule has 5 heteroatoms. The van der Waals surface area contributed by atoms with Crippen LogP contribution in [0.15, 0.2) is 42.5 Å². The van der Waals surface area contributed by atoms with Crippen molar-refractivity contribution in [2.24, 2.45) is 5.92 Å². The molecule has 0 radical (unpaired) electrons. The Balaban J connectivity index is 1.32. The Bertz CT molecular complexity index is 833. The van der Waals surface area contributed by atoms with Crippen molar-refractivity contribution < 1.29 is 9.18 Å². The molecule has 27 heavy (non-hydrogen) atoms. The molecule has 2 aliphatic rings. The van der Waals surface area contributed by atoms with Gasteiger partial charge in [-0.3, -0.25) is 9.69 Å². The highest BCUT2D eigenvalue weighted by Crippen LogP contribution is 2.26. The van der Waals surface area contributed by atoms with E-state index in [0.29, 0.717) is 17.1 Å². The van der Waals surface area contributed by atoms with Crippen LogP contribution in [-0.2, 0) is 24.3 Å². The maximum absolute atomic E-state index is 14.0. The molecule has 0 aromatic heterocycles. The molecule has 0 saturated carbocycles. The van der Waals surface area contributed by atoms with Gasteiger partial charge in [-0.2, -0.15) is 0 Å². The maximum atomic E-state index is 14.0. The van der Waals surface area contributed by atoms with Gasteiger partial charge in [0.1, 0.15) is 5.82 Å². The zero-order chi connectivity index (χ0) is 18.8. The number of benzene rings is 2. The number of likely N-dealkylation sites (tertiary alicyclic amines) is 1. The van der Waals surface area contributed by atoms with Gasteiger partial charge in [0.2, 0.25) is 5.91 Å². The van der Waals surface area contributed by atoms with Gasteiger partial charge in [-0.15, -0.1) is 0 Å². The number of rotatable bonds is 3. The number of carbonyl (C=O) groups is 1. The van der Waals surface area contributed by atoms with E-state index in [1.807, 2.05) is 11.0 Å². The van der Waals surface area contributed by atoms with Crippen LogP contribution in [0, 0.1) is 11.7 Å². The second-order valence-electron chi connectivity index (χ2n) is 7.56. The van der Waals surface area contributed by atoms with Crippen LogP contribution in [0.2, 0.25) is 5.02 Å². The van der Waals surface area contributed by atoms with Gasteiger partial charge in [-0.1, -0.05) is 41.9 Å². The Morgan fingerprint density at radius 1 is 1.07 bits per heavy atom. The summed E-state index contributed by atoms with van der Waals surface area (Å²) in [6.45, 7) is 3.75. The number of hydrogen-bond donors (Lipinski definition) is 0. The van der Waals surface area contributed by atoms with E-state index in [1.54, 1.807) is 12.1 Å². The van der Waals surface area contributed by atoms with Gasteiger partial charge in [-0.25, -0.2) is 4.39 Å². The molecule has 2 aromatic rings. The van der Waals surface area contributed by atoms with Crippen molar-refractivity contribution in [3.63, 3.8) is 0 Å². The smallest absolute Gasteiger partial charge is 0.226 e. The lowest BCUT2D eigenvalue weighted by Crippen LogP contribution is -2.44. The normalized spacial score (nSPS) is 18.4. The van der Waals surface area contributed by atoms with Crippen LogP contribution in [0.1, 0.15) is 29.5 Å². The highest BCUT2D eigenvalue weighted by Gasteiger charge is 2.30. The van der Waals surface area contributed by atoms with Crippen molar-refractivity contribution in [2.75, 3.05) is 19.6 Å². The van der Waals surface area contributed by atoms with E-state index in [2.05, 4.69) is 23.1 Å². The summed E-state index contributed by atoms with van der Waals surface area (Å²) in [5, 5.41) is 0.420. The minimum Gasteiger partial charge on any atom is -0.338 e. The predicted molar refractivity (Wildman–Crippen MR) is 105 cm³/mol. The molecule has 0 aliphatic carbocycles. The lowest BCUT2D eigenvalue weighted by atomic mass is 9.93. The average Bonchev–Trinajstić information content (AvgIpc) is 2.70. The van der Waals surface area contributed by atoms with Crippen LogP contribution in [0.4, 0.5) is 4.39 Å². The first-order valence-corrected chi connectivity index (χ1v) is 10.00. The molecule has 1 amide bonds. The van der Waals surface area contributed by atoms with E-state index in [-0.39, 0.29) is 17.6 Å². The SMILES string of the molecule is O=C(C1CCN(Cc2ccc(Cl)cc2F)CC1)N1CCc2ccccc2C1. The Hall–Kier alpha value is -1.91. The summed E-state index contributed by atoms with van der Waals surface area (Å²) in [4.78, 5) is 17.2. The predicted octanol–water partition coefficient (Wildman–Crippen LogP) is 4.28. The summed E-state index contributed by atoms with van der Waals surface area (Å²) in [5.74, 6) is 0.107. The third-order valence-electron chi connectivity index (χ3n) is 5.79. The number of carbonyl (C=O) groups excluding carboxylic acids is 1. The molecule has 2 heterocycles. The monoisotopic (exact) mass is 386 g/mol. The van der Waals surface area contributed by atoms with Crippen molar-refractivity contribution >= 4 is 17.5 Å². The first-order valence-electron chi connectivity index (χ1n) is 9.62. The highest BCUT2D eigenvalue weighted by atomic mass is 35.5. The fraction of sp³-hybridized carbons (Fsp3) is 0.409. The topological polar surface area (TPSA) is 23.6 Å². The third kappa shape index (κ3) is 4.17. The Morgan fingerprint density at radius 2 is 1.81 bits per heavy atom. The van der Waals surface area contributed by atoms with Crippen molar-refractivity contribution in [3.8, 4) is 0 Å². The fourth-order valence-corrected chi connectivity index (χ4v) is 4.33. The third-order valence-corrected chi connectivity index (χ3v) is 6.02. The molecular formula is C22H24ClFN2O. The highest BCUT2D eigenvalue weighted by molar-refractivity contribution is 6.30. The standard InChI is InChI=1S/C22H24ClFN2O/c23-20-6-5-19(21(24)13-20)14-25-10-7-17(8-11-25)22(27)26-12-9-16-3-1-2-4-18(16)15-26/h1-6,13,17H,7-12,14-15H2. The van der Waals surface area contributed by atoms with Crippen molar-refractivity contribution in [3.05, 3.63) is 70.0 Å². The van der Waals surface area contributed by atoms with Gasteiger partial charge in [0.15, 0.2) is 0 Å². The van der Waals surface area contributed by atoms with Crippen LogP contribution < -0.4 is 0 Å².